The van der Waals surface area contributed by atoms with Gasteiger partial charge in [0.15, 0.2) is 0 Å². The molecule has 0 fully saturated rings. The van der Waals surface area contributed by atoms with E-state index < -0.39 is 5.41 Å². The van der Waals surface area contributed by atoms with Gasteiger partial charge in [0.2, 0.25) is 5.91 Å². The Labute approximate surface area is 155 Å². The van der Waals surface area contributed by atoms with Crippen LogP contribution in [0, 0.1) is 0 Å². The molecular formula is C24H25NO. The average molecular weight is 343 g/mol. The van der Waals surface area contributed by atoms with E-state index >= 15 is 0 Å². The first-order valence-electron chi connectivity index (χ1n) is 9.20. The van der Waals surface area contributed by atoms with E-state index in [0.29, 0.717) is 0 Å². The molecule has 3 rings (SSSR count). The second kappa shape index (κ2) is 8.48. The molecule has 1 N–H and O–H groups in total. The predicted octanol–water partition coefficient (Wildman–Crippen LogP) is 5.61. The van der Waals surface area contributed by atoms with Crippen LogP contribution in [0.25, 0.3) is 0 Å². The lowest BCUT2D eigenvalue weighted by molar-refractivity contribution is -0.122. The summed E-state index contributed by atoms with van der Waals surface area (Å²) in [4.78, 5) is 13.4. The highest BCUT2D eigenvalue weighted by Crippen LogP contribution is 2.34. The molecule has 2 nitrogen and oxygen atoms in total. The lowest BCUT2D eigenvalue weighted by Crippen LogP contribution is -2.40. The fraction of sp³-hybridized carbons (Fsp3) is 0.208. The van der Waals surface area contributed by atoms with Crippen LogP contribution in [-0.4, -0.2) is 5.91 Å². The fourth-order valence-electron chi connectivity index (χ4n) is 3.46. The van der Waals surface area contributed by atoms with Crippen molar-refractivity contribution >= 4 is 11.6 Å². The number of hydrogen-bond acceptors (Lipinski definition) is 1. The molecule has 0 aliphatic rings. The number of rotatable bonds is 7. The zero-order chi connectivity index (χ0) is 18.2. The maximum atomic E-state index is 13.4. The highest BCUT2D eigenvalue weighted by Gasteiger charge is 2.38. The van der Waals surface area contributed by atoms with Crippen molar-refractivity contribution in [3.05, 3.63) is 102 Å². The smallest absolute Gasteiger partial charge is 0.235 e. The Balaban J connectivity index is 1.90. The first-order valence-corrected chi connectivity index (χ1v) is 9.20. The topological polar surface area (TPSA) is 29.1 Å². The number of nitrogens with one attached hydrogen (secondary N) is 1. The number of hydrogen-bond donors (Lipinski definition) is 1. The van der Waals surface area contributed by atoms with Crippen LogP contribution in [-0.2, 0) is 16.6 Å². The maximum absolute atomic E-state index is 13.4. The van der Waals surface area contributed by atoms with Crippen molar-refractivity contribution in [3.63, 3.8) is 0 Å². The van der Waals surface area contributed by atoms with Gasteiger partial charge >= 0.3 is 0 Å². The predicted molar refractivity (Wildman–Crippen MR) is 108 cm³/mol. The van der Waals surface area contributed by atoms with Crippen LogP contribution in [0.5, 0.6) is 0 Å². The summed E-state index contributed by atoms with van der Waals surface area (Å²) in [6.07, 6.45) is 2.39. The highest BCUT2D eigenvalue weighted by atomic mass is 16.2. The molecule has 0 saturated carbocycles. The molecule has 132 valence electrons. The first kappa shape index (κ1) is 17.9. The molecule has 1 atom stereocenters. The lowest BCUT2D eigenvalue weighted by Gasteiger charge is -2.32. The van der Waals surface area contributed by atoms with Crippen molar-refractivity contribution in [1.29, 1.82) is 0 Å². The molecule has 3 aromatic carbocycles. The van der Waals surface area contributed by atoms with E-state index in [1.165, 1.54) is 5.56 Å². The molecular weight excluding hydrogens is 318 g/mol. The van der Waals surface area contributed by atoms with Crippen molar-refractivity contribution in [2.24, 2.45) is 0 Å². The largest absolute Gasteiger partial charge is 0.325 e. The number of benzene rings is 3. The Morgan fingerprint density at radius 3 is 1.92 bits per heavy atom. The molecule has 2 heteroatoms. The van der Waals surface area contributed by atoms with E-state index in [1.54, 1.807) is 0 Å². The third-order valence-electron chi connectivity index (χ3n) is 5.08. The average Bonchev–Trinajstić information content (AvgIpc) is 2.71. The van der Waals surface area contributed by atoms with Gasteiger partial charge < -0.3 is 5.32 Å². The minimum absolute atomic E-state index is 0.0633. The van der Waals surface area contributed by atoms with Gasteiger partial charge in [0, 0.05) is 5.69 Å². The van der Waals surface area contributed by atoms with Crippen molar-refractivity contribution in [3.8, 4) is 0 Å². The van der Waals surface area contributed by atoms with E-state index in [4.69, 9.17) is 0 Å². The lowest BCUT2D eigenvalue weighted by atomic mass is 9.73. The van der Waals surface area contributed by atoms with Crippen LogP contribution in [0.3, 0.4) is 0 Å². The van der Waals surface area contributed by atoms with E-state index in [-0.39, 0.29) is 5.91 Å². The van der Waals surface area contributed by atoms with Gasteiger partial charge in [-0.3, -0.25) is 4.79 Å². The van der Waals surface area contributed by atoms with Gasteiger partial charge in [-0.2, -0.15) is 0 Å². The molecule has 0 unspecified atom stereocenters. The molecule has 0 saturated heterocycles. The molecule has 0 bridgehead atoms. The molecule has 3 aromatic rings. The number of carbonyl (C=O) groups excluding carboxylic acids is 1. The minimum atomic E-state index is -0.549. The van der Waals surface area contributed by atoms with Gasteiger partial charge in [0.25, 0.3) is 0 Å². The fourth-order valence-corrected chi connectivity index (χ4v) is 3.46. The minimum Gasteiger partial charge on any atom is -0.325 e. The van der Waals surface area contributed by atoms with Crippen LogP contribution in [0.4, 0.5) is 5.69 Å². The monoisotopic (exact) mass is 343 g/mol. The number of aryl methyl sites for hydroxylation is 1. The Hall–Kier alpha value is -2.87. The standard InChI is InChI=1S/C24H25NO/c1-2-24(21-14-8-4-9-15-21,19-18-20-12-6-3-7-13-20)23(26)25-22-16-10-5-11-17-22/h3-17H,2,18-19H2,1H3,(H,25,26)/t24-/m1/s1. The second-order valence-electron chi connectivity index (χ2n) is 6.61. The second-order valence-corrected chi connectivity index (χ2v) is 6.61. The summed E-state index contributed by atoms with van der Waals surface area (Å²) in [5.74, 6) is 0.0633. The van der Waals surface area contributed by atoms with Gasteiger partial charge in [-0.25, -0.2) is 0 Å². The molecule has 26 heavy (non-hydrogen) atoms. The normalized spacial score (nSPS) is 13.0. The van der Waals surface area contributed by atoms with Gasteiger partial charge in [-0.15, -0.1) is 0 Å². The Bertz CT molecular complexity index is 815. The van der Waals surface area contributed by atoms with Gasteiger partial charge in [-0.05, 0) is 42.5 Å². The van der Waals surface area contributed by atoms with Crippen molar-refractivity contribution < 1.29 is 4.79 Å². The molecule has 0 spiro atoms. The summed E-state index contributed by atoms with van der Waals surface area (Å²) in [6.45, 7) is 2.10. The molecule has 0 heterocycles. The Kier molecular flexibility index (Phi) is 5.85. The zero-order valence-electron chi connectivity index (χ0n) is 15.2. The van der Waals surface area contributed by atoms with Crippen LogP contribution >= 0.6 is 0 Å². The number of anilines is 1. The Morgan fingerprint density at radius 2 is 1.35 bits per heavy atom. The summed E-state index contributed by atoms with van der Waals surface area (Å²) >= 11 is 0. The van der Waals surface area contributed by atoms with Crippen LogP contribution < -0.4 is 5.32 Å². The quantitative estimate of drug-likeness (QED) is 0.594. The van der Waals surface area contributed by atoms with Crippen LogP contribution in [0.1, 0.15) is 30.9 Å². The molecule has 0 radical (unpaired) electrons. The summed E-state index contributed by atoms with van der Waals surface area (Å²) in [5.41, 5.74) is 2.62. The number of carbonyl (C=O) groups is 1. The molecule has 1 amide bonds. The van der Waals surface area contributed by atoms with Gasteiger partial charge in [0.1, 0.15) is 0 Å². The van der Waals surface area contributed by atoms with Crippen molar-refractivity contribution in [1.82, 2.24) is 0 Å². The van der Waals surface area contributed by atoms with Crippen LogP contribution in [0.2, 0.25) is 0 Å². The first-order chi connectivity index (χ1) is 12.7. The SMILES string of the molecule is CC[C@](CCc1ccccc1)(C(=O)Nc1ccccc1)c1ccccc1. The molecule has 0 aliphatic heterocycles. The number of amides is 1. The van der Waals surface area contributed by atoms with E-state index in [2.05, 4.69) is 48.6 Å². The van der Waals surface area contributed by atoms with E-state index in [1.807, 2.05) is 54.6 Å². The highest BCUT2D eigenvalue weighted by molar-refractivity contribution is 5.99. The summed E-state index contributed by atoms with van der Waals surface area (Å²) in [7, 11) is 0. The summed E-state index contributed by atoms with van der Waals surface area (Å²) in [6, 6.07) is 30.2. The third kappa shape index (κ3) is 4.02. The van der Waals surface area contributed by atoms with Crippen molar-refractivity contribution in [2.75, 3.05) is 5.32 Å². The van der Waals surface area contributed by atoms with Gasteiger partial charge in [0.05, 0.1) is 5.41 Å². The van der Waals surface area contributed by atoms with Gasteiger partial charge in [-0.1, -0.05) is 85.8 Å². The van der Waals surface area contributed by atoms with Crippen LogP contribution in [0.15, 0.2) is 91.0 Å². The van der Waals surface area contributed by atoms with E-state index in [9.17, 15) is 4.79 Å². The number of para-hydroxylation sites is 1. The summed E-state index contributed by atoms with van der Waals surface area (Å²) < 4.78 is 0. The third-order valence-corrected chi connectivity index (χ3v) is 5.08. The zero-order valence-corrected chi connectivity index (χ0v) is 15.2. The molecule has 0 aliphatic carbocycles. The van der Waals surface area contributed by atoms with E-state index in [0.717, 1.165) is 30.5 Å². The summed E-state index contributed by atoms with van der Waals surface area (Å²) in [5, 5.41) is 3.13. The maximum Gasteiger partial charge on any atom is 0.235 e. The molecule has 0 aromatic heterocycles. The Morgan fingerprint density at radius 1 is 0.808 bits per heavy atom. The van der Waals surface area contributed by atoms with Crippen molar-refractivity contribution in [2.45, 2.75) is 31.6 Å².